The van der Waals surface area contributed by atoms with Crippen LogP contribution >= 0.6 is 0 Å². The van der Waals surface area contributed by atoms with Crippen molar-refractivity contribution in [1.82, 2.24) is 5.32 Å². The monoisotopic (exact) mass is 457 g/mol. The molecule has 0 saturated carbocycles. The molecule has 174 valence electrons. The van der Waals surface area contributed by atoms with Crippen LogP contribution < -0.4 is 14.8 Å². The first kappa shape index (κ1) is 24.0. The number of amides is 1. The molecule has 2 N–H and O–H groups in total. The van der Waals surface area contributed by atoms with Gasteiger partial charge in [-0.15, -0.1) is 0 Å². The van der Waals surface area contributed by atoms with Gasteiger partial charge in [-0.25, -0.2) is 4.79 Å². The lowest BCUT2D eigenvalue weighted by Gasteiger charge is -2.28. The van der Waals surface area contributed by atoms with Crippen LogP contribution in [0.1, 0.15) is 36.7 Å². The van der Waals surface area contributed by atoms with Gasteiger partial charge in [-0.2, -0.15) is 8.78 Å². The fourth-order valence-electron chi connectivity index (χ4n) is 3.36. The average molecular weight is 457 g/mol. The highest BCUT2D eigenvalue weighted by atomic mass is 19.3. The predicted molar refractivity (Wildman–Crippen MR) is 120 cm³/mol. The Hall–Kier alpha value is -3.68. The molecule has 0 aliphatic heterocycles. The average Bonchev–Trinajstić information content (AvgIpc) is 2.75. The van der Waals surface area contributed by atoms with Gasteiger partial charge in [-0.1, -0.05) is 63.2 Å². The fraction of sp³-hybridized carbons (Fsp3) is 0.280. The van der Waals surface area contributed by atoms with Crippen LogP contribution in [0.15, 0.2) is 60.7 Å². The molecule has 0 spiro atoms. The fourth-order valence-corrected chi connectivity index (χ4v) is 3.36. The molecule has 0 unspecified atom stereocenters. The van der Waals surface area contributed by atoms with E-state index in [9.17, 15) is 23.5 Å². The Morgan fingerprint density at radius 2 is 1.67 bits per heavy atom. The van der Waals surface area contributed by atoms with Crippen LogP contribution in [0.3, 0.4) is 0 Å². The SMILES string of the molecule is CC(C)(C)[C@H](NC(=O)c1ccc2ccccc2c1OCc1ccc(OC(F)F)cc1)C(=O)O. The van der Waals surface area contributed by atoms with Crippen LogP contribution in [0.4, 0.5) is 8.78 Å². The Kier molecular flexibility index (Phi) is 7.16. The van der Waals surface area contributed by atoms with Crippen molar-refractivity contribution in [2.45, 2.75) is 40.0 Å². The maximum Gasteiger partial charge on any atom is 0.387 e. The highest BCUT2D eigenvalue weighted by Crippen LogP contribution is 2.31. The molecule has 0 aliphatic rings. The van der Waals surface area contributed by atoms with Gasteiger partial charge in [0.25, 0.3) is 5.91 Å². The molecule has 6 nitrogen and oxygen atoms in total. The van der Waals surface area contributed by atoms with Gasteiger partial charge in [0.15, 0.2) is 0 Å². The van der Waals surface area contributed by atoms with Crippen LogP contribution in [-0.4, -0.2) is 29.6 Å². The molecule has 33 heavy (non-hydrogen) atoms. The number of hydrogen-bond acceptors (Lipinski definition) is 4. The molecule has 8 heteroatoms. The molecule has 3 aromatic rings. The first-order chi connectivity index (χ1) is 15.6. The molecule has 0 aliphatic carbocycles. The Bertz CT molecular complexity index is 1140. The summed E-state index contributed by atoms with van der Waals surface area (Å²) in [6.45, 7) is 2.33. The third-order valence-corrected chi connectivity index (χ3v) is 5.04. The molecule has 1 atom stereocenters. The summed E-state index contributed by atoms with van der Waals surface area (Å²) in [7, 11) is 0. The van der Waals surface area contributed by atoms with E-state index in [-0.39, 0.29) is 17.9 Å². The summed E-state index contributed by atoms with van der Waals surface area (Å²) in [5.74, 6) is -1.37. The second-order valence-electron chi connectivity index (χ2n) is 8.59. The molecule has 0 heterocycles. The quantitative estimate of drug-likeness (QED) is 0.483. The maximum absolute atomic E-state index is 13.1. The van der Waals surface area contributed by atoms with E-state index in [0.29, 0.717) is 16.7 Å². The number of carbonyl (C=O) groups is 2. The van der Waals surface area contributed by atoms with Gasteiger partial charge in [-0.05, 0) is 34.6 Å². The predicted octanol–water partition coefficient (Wildman–Crippen LogP) is 5.25. The van der Waals surface area contributed by atoms with E-state index in [2.05, 4.69) is 10.1 Å². The standard InChI is InChI=1S/C25H25F2NO5/c1-25(2,3)21(23(30)31)28-22(29)19-13-10-16-6-4-5-7-18(16)20(19)32-14-15-8-11-17(12-9-15)33-24(26)27/h4-13,21,24H,14H2,1-3H3,(H,28,29)(H,30,31)/t21-/m1/s1. The lowest BCUT2D eigenvalue weighted by atomic mass is 9.86. The minimum absolute atomic E-state index is 0.0286. The van der Waals surface area contributed by atoms with Crippen LogP contribution in [0, 0.1) is 5.41 Å². The highest BCUT2D eigenvalue weighted by molar-refractivity contribution is 6.05. The van der Waals surface area contributed by atoms with Crippen LogP contribution in [0.25, 0.3) is 10.8 Å². The number of rotatable bonds is 8. The van der Waals surface area contributed by atoms with Crippen molar-refractivity contribution in [1.29, 1.82) is 0 Å². The molecular weight excluding hydrogens is 432 g/mol. The number of carbonyl (C=O) groups excluding carboxylic acids is 1. The normalized spacial score (nSPS) is 12.4. The molecular formula is C25H25F2NO5. The van der Waals surface area contributed by atoms with E-state index in [1.54, 1.807) is 51.1 Å². The molecule has 3 aromatic carbocycles. The number of carboxylic acid groups (broad SMARTS) is 1. The van der Waals surface area contributed by atoms with E-state index >= 15 is 0 Å². The zero-order valence-electron chi connectivity index (χ0n) is 18.5. The Balaban J connectivity index is 1.90. The third kappa shape index (κ3) is 5.97. The number of hydrogen-bond donors (Lipinski definition) is 2. The minimum Gasteiger partial charge on any atom is -0.487 e. The first-order valence-corrected chi connectivity index (χ1v) is 10.3. The summed E-state index contributed by atoms with van der Waals surface area (Å²) in [6.07, 6.45) is 0. The number of halogens is 2. The molecule has 0 bridgehead atoms. The number of benzene rings is 3. The Morgan fingerprint density at radius 1 is 1.00 bits per heavy atom. The molecule has 0 saturated heterocycles. The maximum atomic E-state index is 13.1. The van der Waals surface area contributed by atoms with Crippen molar-refractivity contribution in [3.63, 3.8) is 0 Å². The lowest BCUT2D eigenvalue weighted by molar-refractivity contribution is -0.142. The minimum atomic E-state index is -2.91. The van der Waals surface area contributed by atoms with E-state index < -0.39 is 29.9 Å². The number of ether oxygens (including phenoxy) is 2. The Morgan fingerprint density at radius 3 is 2.27 bits per heavy atom. The van der Waals surface area contributed by atoms with E-state index in [1.807, 2.05) is 18.2 Å². The molecule has 0 fully saturated rings. The van der Waals surface area contributed by atoms with Gasteiger partial charge in [0.05, 0.1) is 5.56 Å². The zero-order chi connectivity index (χ0) is 24.2. The van der Waals surface area contributed by atoms with Gasteiger partial charge in [0, 0.05) is 5.39 Å². The molecule has 0 aromatic heterocycles. The number of alkyl halides is 2. The summed E-state index contributed by atoms with van der Waals surface area (Å²) in [5, 5.41) is 13.7. The summed E-state index contributed by atoms with van der Waals surface area (Å²) >= 11 is 0. The van der Waals surface area contributed by atoms with Crippen molar-refractivity contribution in [3.8, 4) is 11.5 Å². The van der Waals surface area contributed by atoms with Gasteiger partial charge >= 0.3 is 12.6 Å². The van der Waals surface area contributed by atoms with Crippen LogP contribution in [0.5, 0.6) is 11.5 Å². The van der Waals surface area contributed by atoms with Crippen molar-refractivity contribution in [3.05, 3.63) is 71.8 Å². The second-order valence-corrected chi connectivity index (χ2v) is 8.59. The molecule has 1 amide bonds. The topological polar surface area (TPSA) is 84.9 Å². The van der Waals surface area contributed by atoms with Crippen molar-refractivity contribution >= 4 is 22.6 Å². The van der Waals surface area contributed by atoms with Gasteiger partial charge in [0.1, 0.15) is 24.1 Å². The summed E-state index contributed by atoms with van der Waals surface area (Å²) < 4.78 is 35.1. The number of nitrogens with one attached hydrogen (secondary N) is 1. The third-order valence-electron chi connectivity index (χ3n) is 5.04. The van der Waals surface area contributed by atoms with E-state index in [0.717, 1.165) is 5.39 Å². The van der Waals surface area contributed by atoms with Crippen molar-refractivity contribution < 1.29 is 33.0 Å². The first-order valence-electron chi connectivity index (χ1n) is 10.3. The summed E-state index contributed by atoms with van der Waals surface area (Å²) in [5.41, 5.74) is 0.164. The summed E-state index contributed by atoms with van der Waals surface area (Å²) in [4.78, 5) is 24.8. The summed E-state index contributed by atoms with van der Waals surface area (Å²) in [6, 6.07) is 15.6. The second kappa shape index (κ2) is 9.85. The van der Waals surface area contributed by atoms with Crippen LogP contribution in [-0.2, 0) is 11.4 Å². The largest absolute Gasteiger partial charge is 0.487 e. The lowest BCUT2D eigenvalue weighted by Crippen LogP contribution is -2.49. The molecule has 0 radical (unpaired) electrons. The highest BCUT2D eigenvalue weighted by Gasteiger charge is 2.33. The van der Waals surface area contributed by atoms with Gasteiger partial charge < -0.3 is 19.9 Å². The number of carboxylic acids is 1. The van der Waals surface area contributed by atoms with Crippen molar-refractivity contribution in [2.24, 2.45) is 5.41 Å². The zero-order valence-corrected chi connectivity index (χ0v) is 18.5. The van der Waals surface area contributed by atoms with Crippen molar-refractivity contribution in [2.75, 3.05) is 0 Å². The van der Waals surface area contributed by atoms with Crippen LogP contribution in [0.2, 0.25) is 0 Å². The van der Waals surface area contributed by atoms with Gasteiger partial charge in [0.2, 0.25) is 0 Å². The smallest absolute Gasteiger partial charge is 0.387 e. The molecule has 3 rings (SSSR count). The van der Waals surface area contributed by atoms with E-state index in [4.69, 9.17) is 4.74 Å². The number of aliphatic carboxylic acids is 1. The van der Waals surface area contributed by atoms with E-state index in [1.165, 1.54) is 12.1 Å². The Labute approximate surface area is 190 Å². The van der Waals surface area contributed by atoms with Gasteiger partial charge in [-0.3, -0.25) is 4.79 Å². The number of fused-ring (bicyclic) bond motifs is 1.